The minimum absolute atomic E-state index is 0.0338. The fourth-order valence-electron chi connectivity index (χ4n) is 4.21. The van der Waals surface area contributed by atoms with Crippen molar-refractivity contribution in [1.29, 1.82) is 0 Å². The Morgan fingerprint density at radius 1 is 1.06 bits per heavy atom. The van der Waals surface area contributed by atoms with E-state index in [1.54, 1.807) is 31.2 Å². The number of amides is 1. The molecule has 0 aliphatic carbocycles. The van der Waals surface area contributed by atoms with Crippen LogP contribution in [-0.4, -0.2) is 38.6 Å². The zero-order valence-corrected chi connectivity index (χ0v) is 18.2. The first-order chi connectivity index (χ1) is 14.8. The monoisotopic (exact) mass is 443 g/mol. The van der Waals surface area contributed by atoms with Crippen LogP contribution in [0.1, 0.15) is 18.1 Å². The Hall–Kier alpha value is -2.68. The van der Waals surface area contributed by atoms with Crippen LogP contribution in [0.4, 0.5) is 0 Å². The number of fused-ring (bicyclic) bond motifs is 1. The van der Waals surface area contributed by atoms with E-state index in [4.69, 9.17) is 19.9 Å². The summed E-state index contributed by atoms with van der Waals surface area (Å²) in [6.45, 7) is 3.82. The summed E-state index contributed by atoms with van der Waals surface area (Å²) in [5, 5.41) is -1.06. The van der Waals surface area contributed by atoms with Crippen molar-refractivity contribution in [2.45, 2.75) is 43.0 Å². The van der Waals surface area contributed by atoms with Gasteiger partial charge in [0.15, 0.2) is 9.84 Å². The van der Waals surface area contributed by atoms with E-state index in [0.29, 0.717) is 12.4 Å². The average Bonchev–Trinajstić information content (AvgIpc) is 3.22. The second kappa shape index (κ2) is 8.45. The van der Waals surface area contributed by atoms with Gasteiger partial charge >= 0.3 is 0 Å². The third-order valence-electron chi connectivity index (χ3n) is 5.70. The summed E-state index contributed by atoms with van der Waals surface area (Å²) >= 11 is 0. The number of ether oxygens (including phenoxy) is 3. The van der Waals surface area contributed by atoms with Gasteiger partial charge in [0.1, 0.15) is 17.1 Å². The molecule has 1 amide bonds. The van der Waals surface area contributed by atoms with Gasteiger partial charge in [-0.1, -0.05) is 48.0 Å². The Bertz CT molecular complexity index is 1090. The van der Waals surface area contributed by atoms with Crippen LogP contribution in [0.15, 0.2) is 70.8 Å². The van der Waals surface area contributed by atoms with E-state index < -0.39 is 39.3 Å². The van der Waals surface area contributed by atoms with Crippen LogP contribution in [-0.2, 0) is 35.4 Å². The van der Waals surface area contributed by atoms with Crippen LogP contribution in [0.3, 0.4) is 0 Å². The summed E-state index contributed by atoms with van der Waals surface area (Å²) < 4.78 is 44.7. The summed E-state index contributed by atoms with van der Waals surface area (Å²) in [7, 11) is -3.87. The number of nitrogens with two attached hydrogens (primary N) is 1. The van der Waals surface area contributed by atoms with Crippen molar-refractivity contribution in [1.82, 2.24) is 0 Å². The minimum Gasteiger partial charge on any atom is -0.468 e. The van der Waals surface area contributed by atoms with Gasteiger partial charge in [0.2, 0.25) is 12.2 Å². The molecule has 2 aliphatic heterocycles. The van der Waals surface area contributed by atoms with E-state index in [1.165, 1.54) is 0 Å². The highest BCUT2D eigenvalue weighted by molar-refractivity contribution is 7.92. The lowest BCUT2D eigenvalue weighted by atomic mass is 9.94. The molecule has 2 heterocycles. The maximum absolute atomic E-state index is 13.6. The van der Waals surface area contributed by atoms with Crippen LogP contribution >= 0.6 is 0 Å². The topological polar surface area (TPSA) is 105 Å². The fraction of sp³-hybridized carbons (Fsp3) is 0.348. The smallest absolute Gasteiger partial charge is 0.248 e. The number of primary amides is 1. The third-order valence-corrected chi connectivity index (χ3v) is 7.94. The molecule has 4 atom stereocenters. The van der Waals surface area contributed by atoms with Gasteiger partial charge in [-0.15, -0.1) is 0 Å². The number of sulfone groups is 1. The first-order valence-corrected chi connectivity index (χ1v) is 11.6. The van der Waals surface area contributed by atoms with E-state index >= 15 is 0 Å². The number of aryl methyl sites for hydroxylation is 1. The summed E-state index contributed by atoms with van der Waals surface area (Å²) in [5.41, 5.74) is 7.64. The second-order valence-electron chi connectivity index (χ2n) is 7.84. The Labute approximate surface area is 181 Å². The molecule has 0 unspecified atom stereocenters. The van der Waals surface area contributed by atoms with Crippen molar-refractivity contribution >= 4 is 15.7 Å². The zero-order chi connectivity index (χ0) is 22.2. The molecule has 2 aromatic rings. The standard InChI is InChI=1S/C23H25NO6S/c1-14-8-10-17(11-9-14)31(26,27)21-18(13-28-12-16-6-4-3-5-7-16)30-23-20(21)19(22(24)25)15(2)29-23/h3-11,18,20-21,23H,12-13H2,1-2H3,(H2,24,25)/t18-,20+,21-,23-/m1/s1. The fourth-order valence-corrected chi connectivity index (χ4v) is 6.23. The van der Waals surface area contributed by atoms with Crippen molar-refractivity contribution in [2.24, 2.45) is 11.7 Å². The highest BCUT2D eigenvalue weighted by atomic mass is 32.2. The van der Waals surface area contributed by atoms with Gasteiger partial charge in [-0.05, 0) is 31.5 Å². The lowest BCUT2D eigenvalue weighted by Crippen LogP contribution is -2.40. The SMILES string of the molecule is CC1=C(C(N)=O)[C@@H]2[C@H](O1)O[C@H](COCc1ccccc1)[C@H]2S(=O)(=O)c1ccc(C)cc1. The lowest BCUT2D eigenvalue weighted by Gasteiger charge is -2.23. The molecule has 2 aromatic carbocycles. The number of carbonyl (C=O) groups excluding carboxylic acids is 1. The first-order valence-electron chi connectivity index (χ1n) is 10.0. The number of benzene rings is 2. The highest BCUT2D eigenvalue weighted by Gasteiger charge is 2.58. The Morgan fingerprint density at radius 3 is 2.39 bits per heavy atom. The van der Waals surface area contributed by atoms with Crippen molar-refractivity contribution in [3.8, 4) is 0 Å². The van der Waals surface area contributed by atoms with Crippen LogP contribution < -0.4 is 5.73 Å². The molecule has 0 spiro atoms. The van der Waals surface area contributed by atoms with Gasteiger partial charge in [-0.3, -0.25) is 4.79 Å². The molecule has 1 saturated heterocycles. The molecule has 0 bridgehead atoms. The maximum atomic E-state index is 13.6. The normalized spacial score (nSPS) is 25.4. The molecule has 2 N–H and O–H groups in total. The quantitative estimate of drug-likeness (QED) is 0.705. The van der Waals surface area contributed by atoms with E-state index in [2.05, 4.69) is 0 Å². The zero-order valence-electron chi connectivity index (χ0n) is 17.4. The third kappa shape index (κ3) is 4.11. The summed E-state index contributed by atoms with van der Waals surface area (Å²) in [6.07, 6.45) is -1.70. The number of rotatable bonds is 7. The Balaban J connectivity index is 1.64. The van der Waals surface area contributed by atoms with Crippen LogP contribution in [0.5, 0.6) is 0 Å². The highest BCUT2D eigenvalue weighted by Crippen LogP contribution is 2.45. The van der Waals surface area contributed by atoms with E-state index in [0.717, 1.165) is 11.1 Å². The number of allylic oxidation sites excluding steroid dienone is 1. The number of hydrogen-bond donors (Lipinski definition) is 1. The van der Waals surface area contributed by atoms with E-state index in [9.17, 15) is 13.2 Å². The van der Waals surface area contributed by atoms with Gasteiger partial charge in [0.25, 0.3) is 0 Å². The largest absolute Gasteiger partial charge is 0.468 e. The van der Waals surface area contributed by atoms with Crippen molar-refractivity contribution in [3.05, 3.63) is 77.1 Å². The van der Waals surface area contributed by atoms with Gasteiger partial charge < -0.3 is 19.9 Å². The van der Waals surface area contributed by atoms with E-state index in [1.807, 2.05) is 37.3 Å². The Kier molecular flexibility index (Phi) is 5.88. The lowest BCUT2D eigenvalue weighted by molar-refractivity contribution is -0.122. The first kappa shape index (κ1) is 21.5. The van der Waals surface area contributed by atoms with Crippen LogP contribution in [0.2, 0.25) is 0 Å². The van der Waals surface area contributed by atoms with Gasteiger partial charge in [0.05, 0.1) is 29.6 Å². The summed E-state index contributed by atoms with van der Waals surface area (Å²) in [5.74, 6) is -1.21. The predicted molar refractivity (Wildman–Crippen MR) is 113 cm³/mol. The molecule has 2 aliphatic rings. The van der Waals surface area contributed by atoms with Gasteiger partial charge in [-0.25, -0.2) is 8.42 Å². The van der Waals surface area contributed by atoms with Crippen molar-refractivity contribution < 1.29 is 27.4 Å². The van der Waals surface area contributed by atoms with E-state index in [-0.39, 0.29) is 17.1 Å². The summed E-state index contributed by atoms with van der Waals surface area (Å²) in [6, 6.07) is 16.2. The molecular formula is C23H25NO6S. The number of hydrogen-bond acceptors (Lipinski definition) is 6. The molecule has 164 valence electrons. The Morgan fingerprint density at radius 2 is 1.74 bits per heavy atom. The van der Waals surface area contributed by atoms with Crippen molar-refractivity contribution in [3.63, 3.8) is 0 Å². The molecule has 7 nitrogen and oxygen atoms in total. The molecular weight excluding hydrogens is 418 g/mol. The van der Waals surface area contributed by atoms with Crippen LogP contribution in [0.25, 0.3) is 0 Å². The average molecular weight is 444 g/mol. The van der Waals surface area contributed by atoms with Crippen LogP contribution in [0, 0.1) is 12.8 Å². The molecule has 0 saturated carbocycles. The summed E-state index contributed by atoms with van der Waals surface area (Å²) in [4.78, 5) is 12.3. The second-order valence-corrected chi connectivity index (χ2v) is 9.95. The minimum atomic E-state index is -3.87. The predicted octanol–water partition coefficient (Wildman–Crippen LogP) is 2.48. The number of carbonyl (C=O) groups is 1. The maximum Gasteiger partial charge on any atom is 0.248 e. The molecule has 1 fully saturated rings. The molecule has 31 heavy (non-hydrogen) atoms. The molecule has 4 rings (SSSR count). The molecule has 0 aromatic heterocycles. The van der Waals surface area contributed by atoms with Gasteiger partial charge in [0, 0.05) is 0 Å². The van der Waals surface area contributed by atoms with Gasteiger partial charge in [-0.2, -0.15) is 0 Å². The van der Waals surface area contributed by atoms with Crippen molar-refractivity contribution in [2.75, 3.05) is 6.61 Å². The molecule has 8 heteroatoms. The molecule has 0 radical (unpaired) electrons.